The van der Waals surface area contributed by atoms with Crippen LogP contribution in [0.4, 0.5) is 0 Å². The number of rotatable bonds is 0. The van der Waals surface area contributed by atoms with Crippen LogP contribution in [0, 0.1) is 0 Å². The third-order valence-corrected chi connectivity index (χ3v) is 1.34. The molecule has 52 valence electrons. The van der Waals surface area contributed by atoms with Crippen molar-refractivity contribution in [1.82, 2.24) is 10.3 Å². The molecule has 10 heavy (non-hydrogen) atoms. The van der Waals surface area contributed by atoms with E-state index in [-0.39, 0.29) is 0 Å². The minimum atomic E-state index is 1.47. The predicted molar refractivity (Wildman–Crippen MR) is 38.6 cm³/mol. The van der Waals surface area contributed by atoms with Crippen molar-refractivity contribution < 1.29 is 4.63 Å². The van der Waals surface area contributed by atoms with Gasteiger partial charge in [-0.05, 0) is 10.8 Å². The second-order valence-corrected chi connectivity index (χ2v) is 2.20. The molecule has 2 rings (SSSR count). The van der Waals surface area contributed by atoms with E-state index in [0.29, 0.717) is 0 Å². The van der Waals surface area contributed by atoms with Crippen LogP contribution in [0.1, 0.15) is 0 Å². The summed E-state index contributed by atoms with van der Waals surface area (Å²) in [4.78, 5) is 0. The summed E-state index contributed by atoms with van der Waals surface area (Å²) < 4.78 is 4.08. The van der Waals surface area contributed by atoms with Gasteiger partial charge in [0.05, 0.1) is 12.4 Å². The standard InChI is InChI=1S/C4H4S.C2H2N2O/c2*1-2-4-5-3-1/h1-4H;1-2H. The van der Waals surface area contributed by atoms with E-state index in [4.69, 9.17) is 0 Å². The van der Waals surface area contributed by atoms with Crippen molar-refractivity contribution in [3.8, 4) is 0 Å². The summed E-state index contributed by atoms with van der Waals surface area (Å²) in [5, 5.41) is 10.6. The highest BCUT2D eigenvalue weighted by atomic mass is 32.1. The zero-order valence-electron chi connectivity index (χ0n) is 5.18. The molecule has 0 aliphatic rings. The lowest BCUT2D eigenvalue weighted by Gasteiger charge is -1.45. The molecule has 0 radical (unpaired) electrons. The Balaban J connectivity index is 0.0000001000. The molecule has 2 heterocycles. The van der Waals surface area contributed by atoms with Gasteiger partial charge in [-0.15, -0.1) is 0 Å². The molecule has 0 atom stereocenters. The van der Waals surface area contributed by atoms with E-state index in [9.17, 15) is 0 Å². The quantitative estimate of drug-likeness (QED) is 0.581. The summed E-state index contributed by atoms with van der Waals surface area (Å²) in [6.45, 7) is 0. The summed E-state index contributed by atoms with van der Waals surface area (Å²) in [5.74, 6) is 0. The van der Waals surface area contributed by atoms with Crippen LogP contribution in [0.3, 0.4) is 0 Å². The number of hydrogen-bond donors (Lipinski definition) is 0. The van der Waals surface area contributed by atoms with Gasteiger partial charge < -0.3 is 0 Å². The van der Waals surface area contributed by atoms with Crippen LogP contribution in [0.5, 0.6) is 0 Å². The van der Waals surface area contributed by atoms with Crippen LogP contribution in [0.15, 0.2) is 39.9 Å². The lowest BCUT2D eigenvalue weighted by atomic mass is 10.7. The molecule has 0 bridgehead atoms. The second-order valence-electron chi connectivity index (χ2n) is 1.38. The van der Waals surface area contributed by atoms with E-state index in [1.54, 1.807) is 11.3 Å². The maximum absolute atomic E-state index is 4.08. The molecule has 0 unspecified atom stereocenters. The van der Waals surface area contributed by atoms with Crippen LogP contribution in [0.2, 0.25) is 0 Å². The van der Waals surface area contributed by atoms with Crippen molar-refractivity contribution in [2.75, 3.05) is 0 Å². The first-order valence-electron chi connectivity index (χ1n) is 2.69. The smallest absolute Gasteiger partial charge is 0.0913 e. The highest BCUT2D eigenvalue weighted by molar-refractivity contribution is 7.07. The minimum Gasteiger partial charge on any atom is -0.245 e. The summed E-state index contributed by atoms with van der Waals surface area (Å²) >= 11 is 1.71. The van der Waals surface area contributed by atoms with Gasteiger partial charge in [0, 0.05) is 0 Å². The Bertz CT molecular complexity index is 155. The Morgan fingerprint density at radius 3 is 1.80 bits per heavy atom. The summed E-state index contributed by atoms with van der Waals surface area (Å²) in [6.07, 6.45) is 2.94. The molecule has 0 fully saturated rings. The van der Waals surface area contributed by atoms with E-state index in [1.807, 2.05) is 22.9 Å². The van der Waals surface area contributed by atoms with Crippen molar-refractivity contribution in [2.45, 2.75) is 0 Å². The van der Waals surface area contributed by atoms with Gasteiger partial charge in [0.25, 0.3) is 0 Å². The topological polar surface area (TPSA) is 38.9 Å². The Kier molecular flexibility index (Phi) is 3.26. The summed E-state index contributed by atoms with van der Waals surface area (Å²) in [7, 11) is 0. The third-order valence-electron chi connectivity index (χ3n) is 0.708. The van der Waals surface area contributed by atoms with Gasteiger partial charge in [-0.25, -0.2) is 4.63 Å². The fraction of sp³-hybridized carbons (Fsp3) is 0. The number of aromatic nitrogens is 2. The molecule has 0 aliphatic carbocycles. The number of nitrogens with zero attached hydrogens (tertiary/aromatic N) is 2. The van der Waals surface area contributed by atoms with Crippen LogP contribution in [-0.2, 0) is 0 Å². The van der Waals surface area contributed by atoms with E-state index >= 15 is 0 Å². The van der Waals surface area contributed by atoms with Gasteiger partial charge >= 0.3 is 0 Å². The SMILES string of the molecule is c1ccsc1.c1cnon1. The summed E-state index contributed by atoms with van der Waals surface area (Å²) in [6, 6.07) is 4.04. The first-order valence-corrected chi connectivity index (χ1v) is 3.63. The molecule has 0 saturated heterocycles. The van der Waals surface area contributed by atoms with Gasteiger partial charge in [0.2, 0.25) is 0 Å². The third kappa shape index (κ3) is 2.99. The highest BCUT2D eigenvalue weighted by Gasteiger charge is 1.61. The maximum Gasteiger partial charge on any atom is 0.0913 e. The molecule has 2 aromatic heterocycles. The first-order chi connectivity index (χ1) is 5.00. The van der Waals surface area contributed by atoms with Crippen molar-refractivity contribution in [3.63, 3.8) is 0 Å². The van der Waals surface area contributed by atoms with Crippen molar-refractivity contribution in [1.29, 1.82) is 0 Å². The van der Waals surface area contributed by atoms with E-state index < -0.39 is 0 Å². The highest BCUT2D eigenvalue weighted by Crippen LogP contribution is 1.91. The molecular weight excluding hydrogens is 148 g/mol. The minimum absolute atomic E-state index is 1.47. The average Bonchev–Trinajstić information content (AvgIpc) is 2.67. The van der Waals surface area contributed by atoms with Crippen LogP contribution >= 0.6 is 11.3 Å². The predicted octanol–water partition coefficient (Wildman–Crippen LogP) is 1.82. The normalized spacial score (nSPS) is 8.00. The molecular formula is C6H6N2OS. The molecule has 3 nitrogen and oxygen atoms in total. The first kappa shape index (κ1) is 6.95. The Morgan fingerprint density at radius 2 is 1.60 bits per heavy atom. The Labute approximate surface area is 62.3 Å². The maximum atomic E-state index is 4.08. The molecule has 0 aliphatic heterocycles. The zero-order valence-corrected chi connectivity index (χ0v) is 5.99. The van der Waals surface area contributed by atoms with E-state index in [2.05, 4.69) is 14.9 Å². The monoisotopic (exact) mass is 154 g/mol. The molecule has 0 aromatic carbocycles. The zero-order chi connectivity index (χ0) is 7.07. The number of hydrogen-bond acceptors (Lipinski definition) is 4. The fourth-order valence-corrected chi connectivity index (χ4v) is 0.816. The molecule has 0 spiro atoms. The Hall–Kier alpha value is -1.16. The van der Waals surface area contributed by atoms with Gasteiger partial charge in [-0.1, -0.05) is 22.4 Å². The van der Waals surface area contributed by atoms with Gasteiger partial charge in [0.15, 0.2) is 0 Å². The largest absolute Gasteiger partial charge is 0.245 e. The lowest BCUT2D eigenvalue weighted by molar-refractivity contribution is 0.307. The second kappa shape index (κ2) is 4.69. The number of thiophene rings is 1. The van der Waals surface area contributed by atoms with Crippen molar-refractivity contribution in [2.24, 2.45) is 0 Å². The van der Waals surface area contributed by atoms with Crippen molar-refractivity contribution >= 4 is 11.3 Å². The molecule has 0 N–H and O–H groups in total. The van der Waals surface area contributed by atoms with Gasteiger partial charge in [0.1, 0.15) is 0 Å². The van der Waals surface area contributed by atoms with E-state index in [0.717, 1.165) is 0 Å². The van der Waals surface area contributed by atoms with E-state index in [1.165, 1.54) is 12.4 Å². The van der Waals surface area contributed by atoms with Gasteiger partial charge in [-0.3, -0.25) is 0 Å². The van der Waals surface area contributed by atoms with Crippen LogP contribution in [-0.4, -0.2) is 10.3 Å². The molecule has 2 aromatic rings. The van der Waals surface area contributed by atoms with Crippen LogP contribution < -0.4 is 0 Å². The lowest BCUT2D eigenvalue weighted by Crippen LogP contribution is -1.44. The van der Waals surface area contributed by atoms with Crippen LogP contribution in [0.25, 0.3) is 0 Å². The van der Waals surface area contributed by atoms with Crippen molar-refractivity contribution in [3.05, 3.63) is 35.3 Å². The fourth-order valence-electron chi connectivity index (χ4n) is 0.363. The average molecular weight is 154 g/mol. The summed E-state index contributed by atoms with van der Waals surface area (Å²) in [5.41, 5.74) is 0. The Morgan fingerprint density at radius 1 is 1.00 bits per heavy atom. The molecule has 0 saturated carbocycles. The molecule has 0 amide bonds. The molecule has 4 heteroatoms. The van der Waals surface area contributed by atoms with Gasteiger partial charge in [-0.2, -0.15) is 11.3 Å².